The molecule has 3 heteroatoms. The summed E-state index contributed by atoms with van der Waals surface area (Å²) in [6.07, 6.45) is 2.58. The molecule has 0 amide bonds. The average Bonchev–Trinajstić information content (AvgIpc) is 2.25. The minimum Gasteiger partial charge on any atom is -0.255 e. The van der Waals surface area contributed by atoms with E-state index < -0.39 is 0 Å². The van der Waals surface area contributed by atoms with E-state index in [2.05, 4.69) is 29.5 Å². The quantitative estimate of drug-likeness (QED) is 0.831. The second-order valence-electron chi connectivity index (χ2n) is 4.12. The van der Waals surface area contributed by atoms with Gasteiger partial charge in [0, 0.05) is 24.7 Å². The molecule has 0 radical (unpaired) electrons. The van der Waals surface area contributed by atoms with Gasteiger partial charge in [0.15, 0.2) is 0 Å². The predicted octanol–water partition coefficient (Wildman–Crippen LogP) is 2.75. The fourth-order valence-electron chi connectivity index (χ4n) is 1.90. The van der Waals surface area contributed by atoms with E-state index in [0.29, 0.717) is 0 Å². The van der Waals surface area contributed by atoms with Crippen LogP contribution in [0.1, 0.15) is 24.0 Å². The molecule has 2 rings (SSSR count). The molecule has 1 N–H and O–H groups in total. The van der Waals surface area contributed by atoms with Crippen LogP contribution in [0.25, 0.3) is 0 Å². The minimum absolute atomic E-state index is 0.852. The van der Waals surface area contributed by atoms with Gasteiger partial charge in [-0.05, 0) is 37.0 Å². The van der Waals surface area contributed by atoms with Gasteiger partial charge in [0.2, 0.25) is 0 Å². The zero-order chi connectivity index (χ0) is 10.7. The number of halogens is 1. The Kier molecular flexibility index (Phi) is 3.62. The number of rotatable bonds is 2. The van der Waals surface area contributed by atoms with Crippen LogP contribution in [-0.4, -0.2) is 18.1 Å². The van der Waals surface area contributed by atoms with Crippen LogP contribution >= 0.6 is 11.6 Å². The summed E-state index contributed by atoms with van der Waals surface area (Å²) in [5.41, 5.74) is 5.89. The van der Waals surface area contributed by atoms with Crippen molar-refractivity contribution < 1.29 is 0 Å². The van der Waals surface area contributed by atoms with Crippen molar-refractivity contribution in [3.05, 3.63) is 34.3 Å². The molecule has 1 aliphatic heterocycles. The van der Waals surface area contributed by atoms with Gasteiger partial charge in [-0.25, -0.2) is 5.01 Å². The summed E-state index contributed by atoms with van der Waals surface area (Å²) >= 11 is 5.99. The highest BCUT2D eigenvalue weighted by atomic mass is 35.5. The summed E-state index contributed by atoms with van der Waals surface area (Å²) in [6, 6.07) is 6.25. The molecular formula is C12H17ClN2. The second-order valence-corrected chi connectivity index (χ2v) is 4.53. The van der Waals surface area contributed by atoms with Crippen molar-refractivity contribution in [3.63, 3.8) is 0 Å². The van der Waals surface area contributed by atoms with E-state index in [-0.39, 0.29) is 0 Å². The van der Waals surface area contributed by atoms with Crippen LogP contribution in [0.4, 0.5) is 0 Å². The largest absolute Gasteiger partial charge is 0.255 e. The zero-order valence-electron chi connectivity index (χ0n) is 9.09. The lowest BCUT2D eigenvalue weighted by Crippen LogP contribution is -2.42. The molecule has 82 valence electrons. The van der Waals surface area contributed by atoms with Crippen molar-refractivity contribution in [3.8, 4) is 0 Å². The highest BCUT2D eigenvalue weighted by Crippen LogP contribution is 2.17. The van der Waals surface area contributed by atoms with Crippen LogP contribution in [0.15, 0.2) is 18.2 Å². The van der Waals surface area contributed by atoms with Crippen LogP contribution in [0, 0.1) is 6.92 Å². The normalized spacial score (nSPS) is 18.0. The predicted molar refractivity (Wildman–Crippen MR) is 63.8 cm³/mol. The third kappa shape index (κ3) is 2.94. The van der Waals surface area contributed by atoms with Gasteiger partial charge >= 0.3 is 0 Å². The molecule has 1 fully saturated rings. The average molecular weight is 225 g/mol. The van der Waals surface area contributed by atoms with Gasteiger partial charge in [-0.2, -0.15) is 0 Å². The molecule has 1 aliphatic rings. The maximum atomic E-state index is 5.99. The first-order valence-electron chi connectivity index (χ1n) is 5.49. The Labute approximate surface area is 96.2 Å². The minimum atomic E-state index is 0.852. The van der Waals surface area contributed by atoms with E-state index in [0.717, 1.165) is 30.2 Å². The molecule has 0 spiro atoms. The third-order valence-corrected chi connectivity index (χ3v) is 3.21. The first-order chi connectivity index (χ1) is 7.25. The van der Waals surface area contributed by atoms with E-state index in [1.54, 1.807) is 0 Å². The number of hydrazine groups is 1. The fraction of sp³-hybridized carbons (Fsp3) is 0.500. The van der Waals surface area contributed by atoms with Gasteiger partial charge in [0.1, 0.15) is 0 Å². The molecule has 0 saturated carbocycles. The Balaban J connectivity index is 2.00. The molecule has 15 heavy (non-hydrogen) atoms. The van der Waals surface area contributed by atoms with Crippen LogP contribution in [-0.2, 0) is 6.54 Å². The molecule has 0 atom stereocenters. The topological polar surface area (TPSA) is 15.3 Å². The molecule has 2 nitrogen and oxygen atoms in total. The Morgan fingerprint density at radius 3 is 2.93 bits per heavy atom. The number of hydrogen-bond acceptors (Lipinski definition) is 2. The van der Waals surface area contributed by atoms with Crippen molar-refractivity contribution in [2.45, 2.75) is 26.3 Å². The molecule has 1 saturated heterocycles. The number of aryl methyl sites for hydroxylation is 1. The van der Waals surface area contributed by atoms with Crippen molar-refractivity contribution in [1.82, 2.24) is 10.4 Å². The van der Waals surface area contributed by atoms with Gasteiger partial charge in [-0.15, -0.1) is 0 Å². The van der Waals surface area contributed by atoms with Crippen molar-refractivity contribution in [1.29, 1.82) is 0 Å². The highest BCUT2D eigenvalue weighted by Gasteiger charge is 2.09. The molecule has 1 heterocycles. The molecule has 1 aromatic rings. The number of nitrogens with one attached hydrogen (secondary N) is 1. The Morgan fingerprint density at radius 2 is 2.27 bits per heavy atom. The summed E-state index contributed by atoms with van der Waals surface area (Å²) < 4.78 is 0. The molecule has 0 aromatic heterocycles. The van der Waals surface area contributed by atoms with Crippen molar-refractivity contribution in [2.24, 2.45) is 0 Å². The Hall–Kier alpha value is -0.570. The van der Waals surface area contributed by atoms with Gasteiger partial charge in [-0.1, -0.05) is 23.7 Å². The van der Waals surface area contributed by atoms with Crippen LogP contribution < -0.4 is 5.43 Å². The maximum absolute atomic E-state index is 5.99. The van der Waals surface area contributed by atoms with E-state index in [9.17, 15) is 0 Å². The van der Waals surface area contributed by atoms with E-state index >= 15 is 0 Å². The lowest BCUT2D eigenvalue weighted by atomic mass is 10.1. The smallest absolute Gasteiger partial charge is 0.0435 e. The second kappa shape index (κ2) is 4.97. The molecule has 0 bridgehead atoms. The SMILES string of the molecule is Cc1cc(CN2CCCCN2)ccc1Cl. The monoisotopic (exact) mass is 224 g/mol. The number of hydrogen-bond donors (Lipinski definition) is 1. The summed E-state index contributed by atoms with van der Waals surface area (Å²) in [5, 5.41) is 3.14. The van der Waals surface area contributed by atoms with Crippen LogP contribution in [0.5, 0.6) is 0 Å². The molecular weight excluding hydrogens is 208 g/mol. The zero-order valence-corrected chi connectivity index (χ0v) is 9.85. The van der Waals surface area contributed by atoms with Crippen LogP contribution in [0.3, 0.4) is 0 Å². The fourth-order valence-corrected chi connectivity index (χ4v) is 2.02. The summed E-state index contributed by atoms with van der Waals surface area (Å²) in [6.45, 7) is 5.27. The molecule has 0 unspecified atom stereocenters. The van der Waals surface area contributed by atoms with Crippen molar-refractivity contribution >= 4 is 11.6 Å². The van der Waals surface area contributed by atoms with Gasteiger partial charge in [0.25, 0.3) is 0 Å². The van der Waals surface area contributed by atoms with Gasteiger partial charge in [-0.3, -0.25) is 5.43 Å². The Bertz CT molecular complexity index is 332. The van der Waals surface area contributed by atoms with Crippen LogP contribution in [0.2, 0.25) is 5.02 Å². The summed E-state index contributed by atoms with van der Waals surface area (Å²) in [4.78, 5) is 0. The highest BCUT2D eigenvalue weighted by molar-refractivity contribution is 6.31. The number of nitrogens with zero attached hydrogens (tertiary/aromatic N) is 1. The lowest BCUT2D eigenvalue weighted by molar-refractivity contribution is 0.144. The van der Waals surface area contributed by atoms with Crippen molar-refractivity contribution in [2.75, 3.05) is 13.1 Å². The molecule has 0 aliphatic carbocycles. The summed E-state index contributed by atoms with van der Waals surface area (Å²) in [5.74, 6) is 0. The van der Waals surface area contributed by atoms with E-state index in [4.69, 9.17) is 11.6 Å². The van der Waals surface area contributed by atoms with E-state index in [1.165, 1.54) is 18.4 Å². The molecule has 1 aromatic carbocycles. The Morgan fingerprint density at radius 1 is 1.40 bits per heavy atom. The summed E-state index contributed by atoms with van der Waals surface area (Å²) in [7, 11) is 0. The number of benzene rings is 1. The standard InChI is InChI=1S/C12H17ClN2/c1-10-8-11(4-5-12(10)13)9-15-7-3-2-6-14-15/h4-5,8,14H,2-3,6-7,9H2,1H3. The maximum Gasteiger partial charge on any atom is 0.0435 e. The van der Waals surface area contributed by atoms with E-state index in [1.807, 2.05) is 6.07 Å². The van der Waals surface area contributed by atoms with Gasteiger partial charge in [0.05, 0.1) is 0 Å². The van der Waals surface area contributed by atoms with Gasteiger partial charge < -0.3 is 0 Å². The lowest BCUT2D eigenvalue weighted by Gasteiger charge is -2.27. The first-order valence-corrected chi connectivity index (χ1v) is 5.87. The first kappa shape index (κ1) is 10.9. The third-order valence-electron chi connectivity index (χ3n) is 2.79.